The van der Waals surface area contributed by atoms with Crippen LogP contribution in [0, 0.1) is 6.92 Å². The van der Waals surface area contributed by atoms with Crippen molar-refractivity contribution in [2.24, 2.45) is 0 Å². The van der Waals surface area contributed by atoms with Gasteiger partial charge in [0, 0.05) is 16.9 Å². The standard InChI is InChI=1S/C12H9BrClN3O/c1-7-5-10(16-6-9(7)13)17-12(18)8-3-2-4-15-11(8)14/h2-6H,1H3,(H,16,17,18). The molecule has 18 heavy (non-hydrogen) atoms. The smallest absolute Gasteiger partial charge is 0.259 e. The molecule has 2 heterocycles. The summed E-state index contributed by atoms with van der Waals surface area (Å²) in [6.45, 7) is 1.92. The highest BCUT2D eigenvalue weighted by Gasteiger charge is 2.11. The van der Waals surface area contributed by atoms with E-state index in [0.29, 0.717) is 11.4 Å². The Balaban J connectivity index is 2.22. The van der Waals surface area contributed by atoms with Gasteiger partial charge in [-0.2, -0.15) is 0 Å². The zero-order chi connectivity index (χ0) is 13.1. The molecule has 0 bridgehead atoms. The monoisotopic (exact) mass is 325 g/mol. The van der Waals surface area contributed by atoms with Crippen LogP contribution in [-0.2, 0) is 0 Å². The molecule has 0 aliphatic carbocycles. The molecule has 92 valence electrons. The molecule has 0 saturated carbocycles. The topological polar surface area (TPSA) is 54.9 Å². The number of hydrogen-bond donors (Lipinski definition) is 1. The van der Waals surface area contributed by atoms with E-state index in [2.05, 4.69) is 31.2 Å². The zero-order valence-electron chi connectivity index (χ0n) is 9.45. The highest BCUT2D eigenvalue weighted by molar-refractivity contribution is 9.10. The number of nitrogens with zero attached hydrogens (tertiary/aromatic N) is 2. The number of amides is 1. The minimum atomic E-state index is -0.331. The Kier molecular flexibility index (Phi) is 3.93. The molecule has 0 aliphatic heterocycles. The van der Waals surface area contributed by atoms with E-state index in [9.17, 15) is 4.79 Å². The normalized spacial score (nSPS) is 10.2. The Labute approximate surface area is 118 Å². The van der Waals surface area contributed by atoms with E-state index in [-0.39, 0.29) is 11.1 Å². The van der Waals surface area contributed by atoms with Crippen LogP contribution in [0.5, 0.6) is 0 Å². The first-order chi connectivity index (χ1) is 8.58. The molecule has 0 saturated heterocycles. The molecule has 0 fully saturated rings. The molecule has 1 N–H and O–H groups in total. The number of nitrogens with one attached hydrogen (secondary N) is 1. The van der Waals surface area contributed by atoms with Gasteiger partial charge in [-0.1, -0.05) is 11.6 Å². The Hall–Kier alpha value is -1.46. The van der Waals surface area contributed by atoms with Gasteiger partial charge in [-0.3, -0.25) is 4.79 Å². The Bertz CT molecular complexity index is 604. The maximum Gasteiger partial charge on any atom is 0.259 e. The second-order valence-corrected chi connectivity index (χ2v) is 4.83. The first kappa shape index (κ1) is 13.0. The molecule has 6 heteroatoms. The van der Waals surface area contributed by atoms with Crippen LogP contribution in [0.4, 0.5) is 5.82 Å². The Morgan fingerprint density at radius 3 is 2.89 bits per heavy atom. The van der Waals surface area contributed by atoms with Crippen LogP contribution in [0.3, 0.4) is 0 Å². The van der Waals surface area contributed by atoms with Gasteiger partial charge >= 0.3 is 0 Å². The average Bonchev–Trinajstić information content (AvgIpc) is 2.34. The molecule has 0 aliphatic rings. The molecule has 0 radical (unpaired) electrons. The fourth-order valence-electron chi connectivity index (χ4n) is 1.35. The van der Waals surface area contributed by atoms with Crippen LogP contribution in [0.15, 0.2) is 35.1 Å². The summed E-state index contributed by atoms with van der Waals surface area (Å²) >= 11 is 9.19. The number of pyridine rings is 2. The summed E-state index contributed by atoms with van der Waals surface area (Å²) in [6, 6.07) is 5.03. The predicted molar refractivity (Wildman–Crippen MR) is 73.9 cm³/mol. The van der Waals surface area contributed by atoms with Crippen molar-refractivity contribution in [2.45, 2.75) is 6.92 Å². The lowest BCUT2D eigenvalue weighted by Gasteiger charge is -2.06. The number of aromatic nitrogens is 2. The Morgan fingerprint density at radius 2 is 2.22 bits per heavy atom. The number of carbonyl (C=O) groups excluding carboxylic acids is 1. The van der Waals surface area contributed by atoms with Gasteiger partial charge in [-0.05, 0) is 46.6 Å². The van der Waals surface area contributed by atoms with E-state index >= 15 is 0 Å². The van der Waals surface area contributed by atoms with Crippen LogP contribution >= 0.6 is 27.5 Å². The quantitative estimate of drug-likeness (QED) is 0.860. The minimum absolute atomic E-state index is 0.170. The van der Waals surface area contributed by atoms with Crippen molar-refractivity contribution in [1.29, 1.82) is 0 Å². The van der Waals surface area contributed by atoms with E-state index in [1.54, 1.807) is 24.4 Å². The fraction of sp³-hybridized carbons (Fsp3) is 0.0833. The molecule has 2 aromatic rings. The minimum Gasteiger partial charge on any atom is -0.306 e. The molecule has 2 aromatic heterocycles. The van der Waals surface area contributed by atoms with Crippen LogP contribution in [-0.4, -0.2) is 15.9 Å². The first-order valence-corrected chi connectivity index (χ1v) is 6.29. The third-order valence-corrected chi connectivity index (χ3v) is 3.42. The maximum absolute atomic E-state index is 11.9. The predicted octanol–water partition coefficient (Wildman–Crippen LogP) is 3.45. The molecular formula is C12H9BrClN3O. The Morgan fingerprint density at radius 1 is 1.44 bits per heavy atom. The second kappa shape index (κ2) is 5.46. The summed E-state index contributed by atoms with van der Waals surface area (Å²) in [5.41, 5.74) is 1.30. The second-order valence-electron chi connectivity index (χ2n) is 3.61. The molecule has 2 rings (SSSR count). The van der Waals surface area contributed by atoms with Crippen molar-refractivity contribution in [2.75, 3.05) is 5.32 Å². The van der Waals surface area contributed by atoms with Gasteiger partial charge in [0.1, 0.15) is 11.0 Å². The van der Waals surface area contributed by atoms with Crippen molar-refractivity contribution < 1.29 is 4.79 Å². The van der Waals surface area contributed by atoms with Gasteiger partial charge in [-0.25, -0.2) is 9.97 Å². The fourth-order valence-corrected chi connectivity index (χ4v) is 1.77. The van der Waals surface area contributed by atoms with Crippen molar-refractivity contribution in [3.05, 3.63) is 51.3 Å². The van der Waals surface area contributed by atoms with Crippen LogP contribution in [0.25, 0.3) is 0 Å². The SMILES string of the molecule is Cc1cc(NC(=O)c2cccnc2Cl)ncc1Br. The highest BCUT2D eigenvalue weighted by Crippen LogP contribution is 2.18. The van der Waals surface area contributed by atoms with Gasteiger partial charge < -0.3 is 5.32 Å². The summed E-state index contributed by atoms with van der Waals surface area (Å²) < 4.78 is 0.889. The number of anilines is 1. The third-order valence-electron chi connectivity index (χ3n) is 2.29. The number of rotatable bonds is 2. The molecule has 0 atom stereocenters. The van der Waals surface area contributed by atoms with Gasteiger partial charge in [0.05, 0.1) is 5.56 Å². The summed E-state index contributed by atoms with van der Waals surface area (Å²) in [5, 5.41) is 2.84. The molecular weight excluding hydrogens is 318 g/mol. The van der Waals surface area contributed by atoms with E-state index in [1.165, 1.54) is 6.20 Å². The summed E-state index contributed by atoms with van der Waals surface area (Å²) in [7, 11) is 0. The first-order valence-electron chi connectivity index (χ1n) is 5.12. The third kappa shape index (κ3) is 2.86. The number of hydrogen-bond acceptors (Lipinski definition) is 3. The molecule has 0 spiro atoms. The van der Waals surface area contributed by atoms with E-state index in [4.69, 9.17) is 11.6 Å². The van der Waals surface area contributed by atoms with Crippen LogP contribution < -0.4 is 5.32 Å². The lowest BCUT2D eigenvalue weighted by atomic mass is 10.2. The van der Waals surface area contributed by atoms with Crippen molar-refractivity contribution in [1.82, 2.24) is 9.97 Å². The maximum atomic E-state index is 11.9. The number of halogens is 2. The van der Waals surface area contributed by atoms with E-state index in [0.717, 1.165) is 10.0 Å². The summed E-state index contributed by atoms with van der Waals surface area (Å²) in [5.74, 6) is 0.142. The lowest BCUT2D eigenvalue weighted by Crippen LogP contribution is -2.14. The van der Waals surface area contributed by atoms with Crippen LogP contribution in [0.2, 0.25) is 5.15 Å². The molecule has 1 amide bonds. The average molecular weight is 327 g/mol. The van der Waals surface area contributed by atoms with Gasteiger partial charge in [0.2, 0.25) is 0 Å². The largest absolute Gasteiger partial charge is 0.306 e. The molecule has 0 aromatic carbocycles. The molecule has 0 unspecified atom stereocenters. The van der Waals surface area contributed by atoms with Crippen molar-refractivity contribution in [3.8, 4) is 0 Å². The van der Waals surface area contributed by atoms with E-state index < -0.39 is 0 Å². The van der Waals surface area contributed by atoms with Crippen molar-refractivity contribution >= 4 is 39.3 Å². The number of aryl methyl sites for hydroxylation is 1. The lowest BCUT2D eigenvalue weighted by molar-refractivity contribution is 0.102. The molecule has 4 nitrogen and oxygen atoms in total. The van der Waals surface area contributed by atoms with E-state index in [1.807, 2.05) is 6.92 Å². The summed E-state index contributed by atoms with van der Waals surface area (Å²) in [4.78, 5) is 19.9. The summed E-state index contributed by atoms with van der Waals surface area (Å²) in [6.07, 6.45) is 3.16. The van der Waals surface area contributed by atoms with Gasteiger partial charge in [0.25, 0.3) is 5.91 Å². The van der Waals surface area contributed by atoms with Crippen molar-refractivity contribution in [3.63, 3.8) is 0 Å². The zero-order valence-corrected chi connectivity index (χ0v) is 11.8. The number of carbonyl (C=O) groups is 1. The highest BCUT2D eigenvalue weighted by atomic mass is 79.9. The van der Waals surface area contributed by atoms with Crippen LogP contribution in [0.1, 0.15) is 15.9 Å². The van der Waals surface area contributed by atoms with Gasteiger partial charge in [-0.15, -0.1) is 0 Å². The van der Waals surface area contributed by atoms with Gasteiger partial charge in [0.15, 0.2) is 0 Å².